The van der Waals surface area contributed by atoms with Crippen LogP contribution in [0.2, 0.25) is 0 Å². The summed E-state index contributed by atoms with van der Waals surface area (Å²) >= 11 is 0. The number of alkyl halides is 2. The lowest BCUT2D eigenvalue weighted by Crippen LogP contribution is -2.25. The van der Waals surface area contributed by atoms with E-state index in [1.807, 2.05) is 0 Å². The Bertz CT molecular complexity index is 508. The highest BCUT2D eigenvalue weighted by Crippen LogP contribution is 2.33. The van der Waals surface area contributed by atoms with Gasteiger partial charge in [-0.15, -0.1) is 0 Å². The minimum Gasteiger partial charge on any atom is -0.435 e. The van der Waals surface area contributed by atoms with Gasteiger partial charge in [0.25, 0.3) is 0 Å². The van der Waals surface area contributed by atoms with Crippen molar-refractivity contribution in [2.45, 2.75) is 71.3 Å². The molecule has 1 fully saturated rings. The first kappa shape index (κ1) is 19.7. The zero-order valence-electron chi connectivity index (χ0n) is 14.9. The molecule has 0 amide bonds. The maximum absolute atomic E-state index is 12.3. The van der Waals surface area contributed by atoms with Gasteiger partial charge in [0.1, 0.15) is 11.5 Å². The van der Waals surface area contributed by atoms with E-state index in [1.165, 1.54) is 56.4 Å². The monoisotopic (exact) mass is 354 g/mol. The maximum atomic E-state index is 12.3. The number of halogens is 2. The quantitative estimate of drug-likeness (QED) is 0.311. The average Bonchev–Trinajstić information content (AvgIpc) is 2.60. The Morgan fingerprint density at radius 2 is 1.68 bits per heavy atom. The van der Waals surface area contributed by atoms with E-state index >= 15 is 0 Å². The molecule has 0 radical (unpaired) electrons. The van der Waals surface area contributed by atoms with Gasteiger partial charge in [-0.25, -0.2) is 0 Å². The van der Waals surface area contributed by atoms with Crippen LogP contribution in [-0.2, 0) is 4.79 Å². The zero-order chi connectivity index (χ0) is 18.1. The van der Waals surface area contributed by atoms with E-state index in [9.17, 15) is 13.6 Å². The van der Waals surface area contributed by atoms with Gasteiger partial charge in [-0.2, -0.15) is 8.78 Å². The molecular formula is C20H28F2O3. The second-order valence-electron chi connectivity index (χ2n) is 6.84. The van der Waals surface area contributed by atoms with Crippen LogP contribution in [-0.4, -0.2) is 12.6 Å². The van der Waals surface area contributed by atoms with Crippen molar-refractivity contribution in [1.82, 2.24) is 0 Å². The van der Waals surface area contributed by atoms with Gasteiger partial charge in [0.05, 0.1) is 5.92 Å². The highest BCUT2D eigenvalue weighted by molar-refractivity contribution is 5.75. The first-order valence-corrected chi connectivity index (χ1v) is 9.35. The molecule has 0 aromatic heterocycles. The van der Waals surface area contributed by atoms with E-state index in [0.717, 1.165) is 31.6 Å². The van der Waals surface area contributed by atoms with Gasteiger partial charge < -0.3 is 9.47 Å². The Morgan fingerprint density at radius 3 is 2.28 bits per heavy atom. The minimum absolute atomic E-state index is 0.0520. The Hall–Kier alpha value is -1.65. The van der Waals surface area contributed by atoms with E-state index in [0.29, 0.717) is 5.75 Å². The molecule has 1 aliphatic rings. The summed E-state index contributed by atoms with van der Waals surface area (Å²) in [7, 11) is 0. The van der Waals surface area contributed by atoms with Crippen molar-refractivity contribution < 1.29 is 23.0 Å². The SMILES string of the molecule is CCCCCC[C@H]1CC[C@H](C(=O)Oc2ccc(OC(F)F)cc2)CC1. The summed E-state index contributed by atoms with van der Waals surface area (Å²) in [5, 5.41) is 0. The van der Waals surface area contributed by atoms with Crippen molar-refractivity contribution in [3.8, 4) is 11.5 Å². The van der Waals surface area contributed by atoms with Gasteiger partial charge in [-0.05, 0) is 55.9 Å². The van der Waals surface area contributed by atoms with Crippen molar-refractivity contribution in [2.24, 2.45) is 11.8 Å². The normalized spacial score (nSPS) is 20.5. The molecule has 25 heavy (non-hydrogen) atoms. The molecular weight excluding hydrogens is 326 g/mol. The molecule has 0 N–H and O–H groups in total. The zero-order valence-corrected chi connectivity index (χ0v) is 14.9. The summed E-state index contributed by atoms with van der Waals surface area (Å²) in [6, 6.07) is 5.72. The standard InChI is InChI=1S/C20H28F2O3/c1-2-3-4-5-6-15-7-9-16(10-8-15)19(23)24-17-11-13-18(14-12-17)25-20(21)22/h11-16,20H,2-10H2,1H3/t15-,16-. The number of carbonyl (C=O) groups is 1. The molecule has 1 aromatic carbocycles. The van der Waals surface area contributed by atoms with Crippen LogP contribution in [0.15, 0.2) is 24.3 Å². The fourth-order valence-corrected chi connectivity index (χ4v) is 3.44. The molecule has 2 rings (SSSR count). The molecule has 1 aliphatic carbocycles. The molecule has 0 unspecified atom stereocenters. The van der Waals surface area contributed by atoms with Crippen molar-refractivity contribution in [3.05, 3.63) is 24.3 Å². The fraction of sp³-hybridized carbons (Fsp3) is 0.650. The number of hydrogen-bond acceptors (Lipinski definition) is 3. The number of esters is 1. The van der Waals surface area contributed by atoms with Crippen LogP contribution in [0.5, 0.6) is 11.5 Å². The smallest absolute Gasteiger partial charge is 0.387 e. The number of unbranched alkanes of at least 4 members (excludes halogenated alkanes) is 3. The molecule has 1 saturated carbocycles. The summed E-state index contributed by atoms with van der Waals surface area (Å²) in [4.78, 5) is 12.3. The fourth-order valence-electron chi connectivity index (χ4n) is 3.44. The number of rotatable bonds is 9. The van der Waals surface area contributed by atoms with E-state index < -0.39 is 6.61 Å². The maximum Gasteiger partial charge on any atom is 0.387 e. The third-order valence-corrected chi connectivity index (χ3v) is 4.91. The van der Waals surface area contributed by atoms with Gasteiger partial charge >= 0.3 is 12.6 Å². The van der Waals surface area contributed by atoms with Gasteiger partial charge in [-0.1, -0.05) is 39.0 Å². The number of benzene rings is 1. The van der Waals surface area contributed by atoms with E-state index in [2.05, 4.69) is 11.7 Å². The van der Waals surface area contributed by atoms with E-state index in [-0.39, 0.29) is 17.6 Å². The Balaban J connectivity index is 1.71. The average molecular weight is 354 g/mol. The predicted octanol–water partition coefficient (Wildman–Crippen LogP) is 5.97. The molecule has 0 bridgehead atoms. The summed E-state index contributed by atoms with van der Waals surface area (Å²) in [5.41, 5.74) is 0. The molecule has 3 nitrogen and oxygen atoms in total. The Kier molecular flexibility index (Phi) is 8.16. The molecule has 1 aromatic rings. The summed E-state index contributed by atoms with van der Waals surface area (Å²) < 4.78 is 33.9. The first-order chi connectivity index (χ1) is 12.1. The van der Waals surface area contributed by atoms with Crippen LogP contribution < -0.4 is 9.47 Å². The second-order valence-corrected chi connectivity index (χ2v) is 6.84. The second kappa shape index (κ2) is 10.4. The largest absolute Gasteiger partial charge is 0.435 e. The summed E-state index contributed by atoms with van der Waals surface area (Å²) in [5.74, 6) is 0.897. The van der Waals surface area contributed by atoms with Crippen molar-refractivity contribution in [1.29, 1.82) is 0 Å². The van der Waals surface area contributed by atoms with Crippen LogP contribution >= 0.6 is 0 Å². The third-order valence-electron chi connectivity index (χ3n) is 4.91. The number of carbonyl (C=O) groups excluding carboxylic acids is 1. The van der Waals surface area contributed by atoms with Crippen LogP contribution in [0.4, 0.5) is 8.78 Å². The molecule has 0 heterocycles. The van der Waals surface area contributed by atoms with Crippen LogP contribution in [0.3, 0.4) is 0 Å². The van der Waals surface area contributed by atoms with E-state index in [4.69, 9.17) is 4.74 Å². The highest BCUT2D eigenvalue weighted by Gasteiger charge is 2.27. The Labute approximate surface area is 148 Å². The van der Waals surface area contributed by atoms with Gasteiger partial charge in [0.15, 0.2) is 0 Å². The van der Waals surface area contributed by atoms with Gasteiger partial charge in [0.2, 0.25) is 0 Å². The summed E-state index contributed by atoms with van der Waals surface area (Å²) in [6.45, 7) is -0.638. The van der Waals surface area contributed by atoms with Gasteiger partial charge in [0, 0.05) is 0 Å². The third kappa shape index (κ3) is 7.00. The van der Waals surface area contributed by atoms with Crippen LogP contribution in [0.1, 0.15) is 64.7 Å². The molecule has 5 heteroatoms. The van der Waals surface area contributed by atoms with Crippen LogP contribution in [0.25, 0.3) is 0 Å². The Morgan fingerprint density at radius 1 is 1.04 bits per heavy atom. The molecule has 140 valence electrons. The lowest BCUT2D eigenvalue weighted by Gasteiger charge is -2.27. The molecule has 0 aliphatic heterocycles. The predicted molar refractivity (Wildman–Crippen MR) is 92.9 cm³/mol. The first-order valence-electron chi connectivity index (χ1n) is 9.35. The summed E-state index contributed by atoms with van der Waals surface area (Å²) in [6.07, 6.45) is 10.4. The van der Waals surface area contributed by atoms with Crippen molar-refractivity contribution in [2.75, 3.05) is 0 Å². The lowest BCUT2D eigenvalue weighted by molar-refractivity contribution is -0.140. The van der Waals surface area contributed by atoms with Crippen LogP contribution in [0, 0.1) is 11.8 Å². The van der Waals surface area contributed by atoms with Crippen molar-refractivity contribution in [3.63, 3.8) is 0 Å². The van der Waals surface area contributed by atoms with Gasteiger partial charge in [-0.3, -0.25) is 4.79 Å². The lowest BCUT2D eigenvalue weighted by atomic mass is 9.80. The molecule has 0 saturated heterocycles. The van der Waals surface area contributed by atoms with Crippen molar-refractivity contribution >= 4 is 5.97 Å². The minimum atomic E-state index is -2.86. The molecule has 0 atom stereocenters. The number of ether oxygens (including phenoxy) is 2. The van der Waals surface area contributed by atoms with E-state index in [1.54, 1.807) is 0 Å². The topological polar surface area (TPSA) is 35.5 Å². The highest BCUT2D eigenvalue weighted by atomic mass is 19.3. The molecule has 0 spiro atoms. The number of hydrogen-bond donors (Lipinski definition) is 0.